The first kappa shape index (κ1) is 14.6. The fourth-order valence-corrected chi connectivity index (χ4v) is 2.40. The molecule has 2 rings (SSSR count). The Morgan fingerprint density at radius 3 is 2.80 bits per heavy atom. The highest BCUT2D eigenvalue weighted by atomic mass is 16.5. The first-order chi connectivity index (χ1) is 9.65. The summed E-state index contributed by atoms with van der Waals surface area (Å²) in [6, 6.07) is 1.70. The topological polar surface area (TPSA) is 77.7 Å². The number of ether oxygens (including phenoxy) is 2. The van der Waals surface area contributed by atoms with E-state index in [0.717, 1.165) is 38.4 Å². The van der Waals surface area contributed by atoms with E-state index in [1.54, 1.807) is 6.07 Å². The lowest BCUT2D eigenvalue weighted by molar-refractivity contribution is 0.0458. The van der Waals surface area contributed by atoms with Gasteiger partial charge in [0.15, 0.2) is 0 Å². The van der Waals surface area contributed by atoms with Crippen molar-refractivity contribution in [2.75, 3.05) is 37.4 Å². The van der Waals surface area contributed by atoms with Crippen LogP contribution < -0.4 is 10.6 Å². The Morgan fingerprint density at radius 1 is 1.50 bits per heavy atom. The number of hydrogen-bond acceptors (Lipinski definition) is 6. The number of methoxy groups -OCH3 is 1. The highest BCUT2D eigenvalue weighted by Crippen LogP contribution is 2.23. The summed E-state index contributed by atoms with van der Waals surface area (Å²) >= 11 is 0. The Labute approximate surface area is 118 Å². The molecule has 2 N–H and O–H groups in total. The van der Waals surface area contributed by atoms with E-state index >= 15 is 0 Å². The predicted octanol–water partition coefficient (Wildman–Crippen LogP) is 1.46. The molecular weight excluding hydrogens is 258 g/mol. The van der Waals surface area contributed by atoms with Crippen molar-refractivity contribution >= 4 is 17.5 Å². The van der Waals surface area contributed by atoms with E-state index in [4.69, 9.17) is 15.2 Å². The number of piperidine rings is 1. The first-order valence-corrected chi connectivity index (χ1v) is 6.86. The fraction of sp³-hybridized carbons (Fsp3) is 0.571. The van der Waals surface area contributed by atoms with Crippen LogP contribution in [-0.2, 0) is 9.47 Å². The van der Waals surface area contributed by atoms with Crippen LogP contribution in [0.1, 0.15) is 30.1 Å². The summed E-state index contributed by atoms with van der Waals surface area (Å²) in [5.41, 5.74) is 6.46. The summed E-state index contributed by atoms with van der Waals surface area (Å²) in [7, 11) is 1.34. The second-order valence-electron chi connectivity index (χ2n) is 4.76. The molecule has 0 atom stereocenters. The van der Waals surface area contributed by atoms with Crippen LogP contribution in [0.3, 0.4) is 0 Å². The van der Waals surface area contributed by atoms with Crippen molar-refractivity contribution in [2.45, 2.75) is 25.9 Å². The highest BCUT2D eigenvalue weighted by molar-refractivity contribution is 5.95. The van der Waals surface area contributed by atoms with Gasteiger partial charge in [0.1, 0.15) is 5.82 Å². The van der Waals surface area contributed by atoms with Crippen LogP contribution in [0.5, 0.6) is 0 Å². The van der Waals surface area contributed by atoms with E-state index in [1.807, 2.05) is 6.92 Å². The largest absolute Gasteiger partial charge is 0.465 e. The Balaban J connectivity index is 2.08. The number of pyridine rings is 1. The molecule has 0 aromatic carbocycles. The van der Waals surface area contributed by atoms with Crippen LogP contribution in [0, 0.1) is 0 Å². The average Bonchev–Trinajstić information content (AvgIpc) is 2.48. The molecule has 2 heterocycles. The molecule has 0 aliphatic carbocycles. The predicted molar refractivity (Wildman–Crippen MR) is 76.8 cm³/mol. The average molecular weight is 279 g/mol. The Kier molecular flexibility index (Phi) is 4.79. The zero-order valence-corrected chi connectivity index (χ0v) is 12.0. The minimum atomic E-state index is -0.435. The van der Waals surface area contributed by atoms with E-state index in [1.165, 1.54) is 13.3 Å². The van der Waals surface area contributed by atoms with Gasteiger partial charge in [0.05, 0.1) is 30.7 Å². The van der Waals surface area contributed by atoms with E-state index in [9.17, 15) is 4.79 Å². The second kappa shape index (κ2) is 6.56. The van der Waals surface area contributed by atoms with Crippen molar-refractivity contribution in [3.8, 4) is 0 Å². The zero-order chi connectivity index (χ0) is 14.5. The molecule has 0 unspecified atom stereocenters. The molecular formula is C14H21N3O3. The minimum Gasteiger partial charge on any atom is -0.465 e. The lowest BCUT2D eigenvalue weighted by Crippen LogP contribution is -2.37. The number of rotatable bonds is 4. The molecule has 6 heteroatoms. The molecule has 0 amide bonds. The molecule has 0 bridgehead atoms. The summed E-state index contributed by atoms with van der Waals surface area (Å²) in [6.07, 6.45) is 3.77. The van der Waals surface area contributed by atoms with Gasteiger partial charge in [-0.05, 0) is 25.8 Å². The highest BCUT2D eigenvalue weighted by Gasteiger charge is 2.21. The molecule has 20 heavy (non-hydrogen) atoms. The quantitative estimate of drug-likeness (QED) is 0.841. The second-order valence-corrected chi connectivity index (χ2v) is 4.76. The number of nitrogens with zero attached hydrogens (tertiary/aromatic N) is 2. The minimum absolute atomic E-state index is 0.324. The van der Waals surface area contributed by atoms with Crippen LogP contribution in [-0.4, -0.2) is 43.9 Å². The van der Waals surface area contributed by atoms with E-state index < -0.39 is 5.97 Å². The molecule has 1 aromatic rings. The number of nitrogen functional groups attached to an aromatic ring is 1. The molecule has 1 fully saturated rings. The molecule has 1 aliphatic rings. The SMILES string of the molecule is CCOC1CCN(c2cc(C(=O)OC)c(N)cn2)CC1. The summed E-state index contributed by atoms with van der Waals surface area (Å²) in [6.45, 7) is 4.48. The number of nitrogens with two attached hydrogens (primary N) is 1. The van der Waals surface area contributed by atoms with Crippen LogP contribution >= 0.6 is 0 Å². The van der Waals surface area contributed by atoms with Gasteiger partial charge in [-0.2, -0.15) is 0 Å². The molecule has 0 radical (unpaired) electrons. The van der Waals surface area contributed by atoms with E-state index in [-0.39, 0.29) is 0 Å². The van der Waals surface area contributed by atoms with Gasteiger partial charge >= 0.3 is 5.97 Å². The Bertz CT molecular complexity index is 471. The van der Waals surface area contributed by atoms with Gasteiger partial charge < -0.3 is 20.1 Å². The lowest BCUT2D eigenvalue weighted by Gasteiger charge is -2.32. The number of esters is 1. The monoisotopic (exact) mass is 279 g/mol. The van der Waals surface area contributed by atoms with Crippen LogP contribution in [0.25, 0.3) is 0 Å². The Hall–Kier alpha value is -1.82. The third-order valence-corrected chi connectivity index (χ3v) is 3.49. The van der Waals surface area contributed by atoms with Crippen LogP contribution in [0.15, 0.2) is 12.3 Å². The standard InChI is InChI=1S/C14H21N3O3/c1-3-20-10-4-6-17(7-5-10)13-8-11(14(18)19-2)12(15)9-16-13/h8-10H,3-7,15H2,1-2H3. The third-order valence-electron chi connectivity index (χ3n) is 3.49. The van der Waals surface area contributed by atoms with Crippen LogP contribution in [0.4, 0.5) is 11.5 Å². The van der Waals surface area contributed by atoms with Gasteiger partial charge in [0.25, 0.3) is 0 Å². The molecule has 110 valence electrons. The van der Waals surface area contributed by atoms with Crippen molar-refractivity contribution in [3.05, 3.63) is 17.8 Å². The number of anilines is 2. The van der Waals surface area contributed by atoms with E-state index in [0.29, 0.717) is 17.4 Å². The third kappa shape index (κ3) is 3.19. The molecule has 0 spiro atoms. The Morgan fingerprint density at radius 2 is 2.20 bits per heavy atom. The molecule has 1 aliphatic heterocycles. The van der Waals surface area contributed by atoms with Gasteiger partial charge in [-0.3, -0.25) is 0 Å². The maximum Gasteiger partial charge on any atom is 0.340 e. The van der Waals surface area contributed by atoms with Crippen molar-refractivity contribution in [1.82, 2.24) is 4.98 Å². The normalized spacial score (nSPS) is 16.2. The van der Waals surface area contributed by atoms with Crippen molar-refractivity contribution in [1.29, 1.82) is 0 Å². The smallest absolute Gasteiger partial charge is 0.340 e. The molecule has 0 saturated carbocycles. The maximum atomic E-state index is 11.6. The summed E-state index contributed by atoms with van der Waals surface area (Å²) in [5.74, 6) is 0.324. The van der Waals surface area contributed by atoms with Gasteiger partial charge in [-0.15, -0.1) is 0 Å². The summed E-state index contributed by atoms with van der Waals surface area (Å²) < 4.78 is 10.3. The van der Waals surface area contributed by atoms with Gasteiger partial charge in [-0.25, -0.2) is 9.78 Å². The first-order valence-electron chi connectivity index (χ1n) is 6.86. The number of carbonyl (C=O) groups excluding carboxylic acids is 1. The summed E-state index contributed by atoms with van der Waals surface area (Å²) in [4.78, 5) is 18.1. The zero-order valence-electron chi connectivity index (χ0n) is 12.0. The number of carbonyl (C=O) groups is 1. The molecule has 1 aromatic heterocycles. The summed E-state index contributed by atoms with van der Waals surface area (Å²) in [5, 5.41) is 0. The van der Waals surface area contributed by atoms with Gasteiger partial charge in [0.2, 0.25) is 0 Å². The van der Waals surface area contributed by atoms with Crippen LogP contribution in [0.2, 0.25) is 0 Å². The fourth-order valence-electron chi connectivity index (χ4n) is 2.40. The maximum absolute atomic E-state index is 11.6. The van der Waals surface area contributed by atoms with Crippen molar-refractivity contribution in [2.24, 2.45) is 0 Å². The van der Waals surface area contributed by atoms with Crippen molar-refractivity contribution in [3.63, 3.8) is 0 Å². The lowest BCUT2D eigenvalue weighted by atomic mass is 10.1. The molecule has 1 saturated heterocycles. The van der Waals surface area contributed by atoms with Gasteiger partial charge in [-0.1, -0.05) is 0 Å². The molecule has 6 nitrogen and oxygen atoms in total. The van der Waals surface area contributed by atoms with Gasteiger partial charge in [0, 0.05) is 19.7 Å². The number of aromatic nitrogens is 1. The number of hydrogen-bond donors (Lipinski definition) is 1. The van der Waals surface area contributed by atoms with E-state index in [2.05, 4.69) is 9.88 Å². The van der Waals surface area contributed by atoms with Crippen molar-refractivity contribution < 1.29 is 14.3 Å².